The molecule has 0 saturated carbocycles. The Morgan fingerprint density at radius 2 is 2.14 bits per heavy atom. The van der Waals surface area contributed by atoms with Crippen molar-refractivity contribution in [2.24, 2.45) is 5.73 Å². The van der Waals surface area contributed by atoms with Crippen molar-refractivity contribution >= 4 is 23.5 Å². The molecule has 8 nitrogen and oxygen atoms in total. The number of amides is 2. The Labute approximate surface area is 127 Å². The summed E-state index contributed by atoms with van der Waals surface area (Å²) in [6.45, 7) is 1.75. The van der Waals surface area contributed by atoms with E-state index in [1.54, 1.807) is 25.1 Å². The standard InChI is InChI=1S/C14H18N4O4/c1-7-12-8(3-2-4-9(12)15)13(20)18(7)17-10(14(21)22)5-6-11(16)19/h2-4,7,10,17H,5-6,15H2,1H3,(H2,16,19)(H,21,22)/t7?,10-/m0/s1. The molecule has 0 aliphatic carbocycles. The fourth-order valence-electron chi connectivity index (χ4n) is 2.54. The molecular weight excluding hydrogens is 288 g/mol. The number of anilines is 1. The molecule has 6 N–H and O–H groups in total. The zero-order chi connectivity index (χ0) is 16.4. The third kappa shape index (κ3) is 2.86. The van der Waals surface area contributed by atoms with Crippen LogP contribution in [0.25, 0.3) is 0 Å². The first kappa shape index (κ1) is 15.8. The lowest BCUT2D eigenvalue weighted by atomic mass is 10.0. The van der Waals surface area contributed by atoms with Crippen molar-refractivity contribution in [3.63, 3.8) is 0 Å². The molecule has 8 heteroatoms. The van der Waals surface area contributed by atoms with Gasteiger partial charge in [0.2, 0.25) is 5.91 Å². The van der Waals surface area contributed by atoms with E-state index in [4.69, 9.17) is 11.5 Å². The number of carbonyl (C=O) groups excluding carboxylic acids is 2. The minimum atomic E-state index is -1.16. The molecule has 0 aromatic heterocycles. The second-order valence-electron chi connectivity index (χ2n) is 5.18. The van der Waals surface area contributed by atoms with Crippen LogP contribution in [0, 0.1) is 0 Å². The van der Waals surface area contributed by atoms with Crippen molar-refractivity contribution in [1.29, 1.82) is 0 Å². The molecule has 118 valence electrons. The van der Waals surface area contributed by atoms with Gasteiger partial charge in [0.1, 0.15) is 6.04 Å². The van der Waals surface area contributed by atoms with Crippen molar-refractivity contribution in [1.82, 2.24) is 10.4 Å². The van der Waals surface area contributed by atoms with Crippen molar-refractivity contribution in [2.75, 3.05) is 5.73 Å². The normalized spacial score (nSPS) is 18.1. The Morgan fingerprint density at radius 3 is 2.68 bits per heavy atom. The van der Waals surface area contributed by atoms with Crippen LogP contribution in [-0.2, 0) is 9.59 Å². The molecule has 22 heavy (non-hydrogen) atoms. The number of nitrogens with one attached hydrogen (secondary N) is 1. The number of hydrazine groups is 1. The number of hydrogen-bond acceptors (Lipinski definition) is 5. The summed E-state index contributed by atoms with van der Waals surface area (Å²) < 4.78 is 0. The maximum atomic E-state index is 12.4. The van der Waals surface area contributed by atoms with E-state index in [9.17, 15) is 19.5 Å². The van der Waals surface area contributed by atoms with Gasteiger partial charge in [-0.2, -0.15) is 0 Å². The zero-order valence-electron chi connectivity index (χ0n) is 12.1. The summed E-state index contributed by atoms with van der Waals surface area (Å²) in [4.78, 5) is 34.5. The van der Waals surface area contributed by atoms with Crippen molar-refractivity contribution < 1.29 is 19.5 Å². The van der Waals surface area contributed by atoms with Crippen LogP contribution in [0.15, 0.2) is 18.2 Å². The Balaban J connectivity index is 2.19. The molecule has 1 unspecified atom stereocenters. The fourth-order valence-corrected chi connectivity index (χ4v) is 2.54. The molecule has 2 amide bonds. The Hall–Kier alpha value is -2.61. The Morgan fingerprint density at radius 1 is 1.45 bits per heavy atom. The van der Waals surface area contributed by atoms with E-state index in [-0.39, 0.29) is 18.7 Å². The lowest BCUT2D eigenvalue weighted by Crippen LogP contribution is -2.49. The van der Waals surface area contributed by atoms with Gasteiger partial charge in [-0.3, -0.25) is 19.4 Å². The van der Waals surface area contributed by atoms with Crippen LogP contribution in [0.5, 0.6) is 0 Å². The quantitative estimate of drug-likeness (QED) is 0.546. The topological polar surface area (TPSA) is 139 Å². The smallest absolute Gasteiger partial charge is 0.322 e. The number of benzene rings is 1. The molecule has 1 heterocycles. The van der Waals surface area contributed by atoms with Crippen molar-refractivity contribution in [3.8, 4) is 0 Å². The van der Waals surface area contributed by atoms with E-state index < -0.39 is 24.0 Å². The molecular formula is C14H18N4O4. The lowest BCUT2D eigenvalue weighted by molar-refractivity contribution is -0.141. The van der Waals surface area contributed by atoms with E-state index in [0.717, 1.165) is 0 Å². The van der Waals surface area contributed by atoms with Gasteiger partial charge < -0.3 is 16.6 Å². The highest BCUT2D eigenvalue weighted by Gasteiger charge is 2.37. The van der Waals surface area contributed by atoms with E-state index >= 15 is 0 Å². The molecule has 1 aliphatic rings. The predicted octanol–water partition coefficient (Wildman–Crippen LogP) is 0.00890. The molecule has 1 aromatic rings. The number of carboxylic acid groups (broad SMARTS) is 1. The number of aliphatic carboxylic acids is 1. The Bertz CT molecular complexity index is 631. The van der Waals surface area contributed by atoms with Crippen molar-refractivity contribution in [2.45, 2.75) is 31.8 Å². The van der Waals surface area contributed by atoms with Crippen LogP contribution >= 0.6 is 0 Å². The van der Waals surface area contributed by atoms with E-state index in [1.165, 1.54) is 5.01 Å². The average Bonchev–Trinajstić information content (AvgIpc) is 2.68. The molecule has 0 radical (unpaired) electrons. The third-order valence-electron chi connectivity index (χ3n) is 3.67. The first-order valence-corrected chi connectivity index (χ1v) is 6.82. The van der Waals surface area contributed by atoms with E-state index in [1.807, 2.05) is 0 Å². The number of carbonyl (C=O) groups is 3. The number of hydrogen-bond donors (Lipinski definition) is 4. The summed E-state index contributed by atoms with van der Waals surface area (Å²) in [5.74, 6) is -2.10. The highest BCUT2D eigenvalue weighted by atomic mass is 16.4. The molecule has 2 atom stereocenters. The summed E-state index contributed by atoms with van der Waals surface area (Å²) in [6, 6.07) is 3.51. The van der Waals surface area contributed by atoms with Gasteiger partial charge in [-0.05, 0) is 25.5 Å². The molecule has 1 aliphatic heterocycles. The van der Waals surface area contributed by atoms with Gasteiger partial charge in [0, 0.05) is 23.2 Å². The zero-order valence-corrected chi connectivity index (χ0v) is 12.1. The van der Waals surface area contributed by atoms with E-state index in [2.05, 4.69) is 5.43 Å². The number of primary amides is 1. The van der Waals surface area contributed by atoms with Gasteiger partial charge in [0.25, 0.3) is 5.91 Å². The van der Waals surface area contributed by atoms with E-state index in [0.29, 0.717) is 16.8 Å². The summed E-state index contributed by atoms with van der Waals surface area (Å²) in [6.07, 6.45) is -0.0948. The SMILES string of the molecule is CC1c2c(N)cccc2C(=O)N1N[C@@H](CCC(N)=O)C(=O)O. The second kappa shape index (κ2) is 6.02. The second-order valence-corrected chi connectivity index (χ2v) is 5.18. The number of nitrogen functional groups attached to an aromatic ring is 1. The van der Waals surface area contributed by atoms with Gasteiger partial charge in [-0.25, -0.2) is 5.43 Å². The Kier molecular flexibility index (Phi) is 4.32. The van der Waals surface area contributed by atoms with Crippen LogP contribution in [0.4, 0.5) is 5.69 Å². The lowest BCUT2D eigenvalue weighted by Gasteiger charge is -2.27. The monoisotopic (exact) mass is 306 g/mol. The minimum absolute atomic E-state index is 0.00695. The number of fused-ring (bicyclic) bond motifs is 1. The molecule has 0 saturated heterocycles. The minimum Gasteiger partial charge on any atom is -0.480 e. The number of nitrogens with two attached hydrogens (primary N) is 2. The highest BCUT2D eigenvalue weighted by molar-refractivity contribution is 6.00. The average molecular weight is 306 g/mol. The first-order valence-electron chi connectivity index (χ1n) is 6.82. The summed E-state index contributed by atoms with van der Waals surface area (Å²) in [5.41, 5.74) is 15.2. The number of rotatable bonds is 6. The number of nitrogens with zero attached hydrogens (tertiary/aromatic N) is 1. The molecule has 1 aromatic carbocycles. The van der Waals surface area contributed by atoms with Crippen LogP contribution in [0.3, 0.4) is 0 Å². The number of carboxylic acids is 1. The van der Waals surface area contributed by atoms with Crippen LogP contribution in [0.2, 0.25) is 0 Å². The molecule has 0 spiro atoms. The van der Waals surface area contributed by atoms with Crippen LogP contribution in [-0.4, -0.2) is 33.9 Å². The van der Waals surface area contributed by atoms with Gasteiger partial charge in [0.05, 0.1) is 6.04 Å². The maximum absolute atomic E-state index is 12.4. The van der Waals surface area contributed by atoms with Crippen LogP contribution < -0.4 is 16.9 Å². The third-order valence-corrected chi connectivity index (χ3v) is 3.67. The summed E-state index contributed by atoms with van der Waals surface area (Å²) in [7, 11) is 0. The van der Waals surface area contributed by atoms with Gasteiger partial charge in [-0.1, -0.05) is 6.07 Å². The van der Waals surface area contributed by atoms with Gasteiger partial charge in [0.15, 0.2) is 0 Å². The summed E-state index contributed by atoms with van der Waals surface area (Å²) >= 11 is 0. The largest absolute Gasteiger partial charge is 0.480 e. The molecule has 2 rings (SSSR count). The fraction of sp³-hybridized carbons (Fsp3) is 0.357. The van der Waals surface area contributed by atoms with Gasteiger partial charge >= 0.3 is 5.97 Å². The predicted molar refractivity (Wildman–Crippen MR) is 78.4 cm³/mol. The highest BCUT2D eigenvalue weighted by Crippen LogP contribution is 2.35. The molecule has 0 bridgehead atoms. The van der Waals surface area contributed by atoms with Crippen molar-refractivity contribution in [3.05, 3.63) is 29.3 Å². The van der Waals surface area contributed by atoms with Gasteiger partial charge in [-0.15, -0.1) is 0 Å². The first-order chi connectivity index (χ1) is 10.3. The maximum Gasteiger partial charge on any atom is 0.322 e. The van der Waals surface area contributed by atoms with Crippen LogP contribution in [0.1, 0.15) is 41.7 Å². The molecule has 0 fully saturated rings. The summed E-state index contributed by atoms with van der Waals surface area (Å²) in [5, 5.41) is 10.5.